The van der Waals surface area contributed by atoms with Crippen LogP contribution in [0.15, 0.2) is 35.2 Å². The van der Waals surface area contributed by atoms with E-state index in [0.29, 0.717) is 0 Å². The molecule has 5 N–H and O–H groups in total. The highest BCUT2D eigenvalue weighted by atomic mass is 32.2. The second kappa shape index (κ2) is 7.57. The van der Waals surface area contributed by atoms with Gasteiger partial charge in [-0.15, -0.1) is 0 Å². The molecule has 0 bridgehead atoms. The number of aliphatic hydroxyl groups excluding tert-OH is 2. The van der Waals surface area contributed by atoms with Crippen molar-refractivity contribution in [1.82, 2.24) is 0 Å². The van der Waals surface area contributed by atoms with Crippen LogP contribution < -0.4 is 4.72 Å². The smallest absolute Gasteiger partial charge is 0.268 e. The van der Waals surface area contributed by atoms with E-state index in [1.165, 1.54) is 29.0 Å². The average molecular weight is 489 g/mol. The fourth-order valence-electron chi connectivity index (χ4n) is 3.63. The maximum Gasteiger partial charge on any atom is 0.268 e. The molecule has 2 unspecified atom stereocenters. The number of aromatic hydroxyl groups is 2. The van der Waals surface area contributed by atoms with E-state index in [-0.39, 0.29) is 22.3 Å². The van der Waals surface area contributed by atoms with Crippen molar-refractivity contribution in [2.75, 3.05) is 4.72 Å². The molecule has 7 nitrogen and oxygen atoms in total. The number of halogens is 5. The molecule has 1 aliphatic rings. The normalized spacial score (nSPS) is 17.4. The molecule has 3 aromatic carbocycles. The highest BCUT2D eigenvalue weighted by Gasteiger charge is 2.37. The lowest BCUT2D eigenvalue weighted by atomic mass is 9.81. The van der Waals surface area contributed by atoms with Crippen molar-refractivity contribution < 1.29 is 50.8 Å². The minimum Gasteiger partial charge on any atom is -0.504 e. The largest absolute Gasteiger partial charge is 0.504 e. The third kappa shape index (κ3) is 3.27. The van der Waals surface area contributed by atoms with Gasteiger partial charge in [-0.25, -0.2) is 30.4 Å². The Balaban J connectivity index is 1.87. The van der Waals surface area contributed by atoms with Crippen molar-refractivity contribution >= 4 is 15.7 Å². The number of nitrogens with one attached hydrogen (secondary N) is 1. The van der Waals surface area contributed by atoms with Gasteiger partial charge in [-0.2, -0.15) is 0 Å². The molecular weight excluding hydrogens is 477 g/mol. The molecule has 33 heavy (non-hydrogen) atoms. The predicted octanol–water partition coefficient (Wildman–Crippen LogP) is 3.07. The summed E-state index contributed by atoms with van der Waals surface area (Å²) in [5.74, 6) is -15.2. The number of sulfonamides is 1. The summed E-state index contributed by atoms with van der Waals surface area (Å²) < 4.78 is 94.6. The lowest BCUT2D eigenvalue weighted by molar-refractivity contribution is 0.169. The van der Waals surface area contributed by atoms with E-state index in [1.54, 1.807) is 0 Å². The van der Waals surface area contributed by atoms with Crippen LogP contribution in [-0.2, 0) is 10.0 Å². The fourth-order valence-corrected chi connectivity index (χ4v) is 4.83. The standard InChI is InChI=1S/C20H12F5NO6S/c21-11-12(22)14(24)20(15(25)13(11)23)33(31,32)26-9-5-8-10(19(30)18(9)29)17(28)7-4-2-1-3-6(7)16(8)27/h1-5,16-17,26-30H. The molecule has 1 aliphatic carbocycles. The predicted molar refractivity (Wildman–Crippen MR) is 101 cm³/mol. The van der Waals surface area contributed by atoms with Crippen molar-refractivity contribution in [3.63, 3.8) is 0 Å². The Kier molecular flexibility index (Phi) is 5.22. The Morgan fingerprint density at radius 2 is 1.21 bits per heavy atom. The first kappa shape index (κ1) is 22.8. The van der Waals surface area contributed by atoms with Gasteiger partial charge in [0.1, 0.15) is 12.2 Å². The molecule has 0 saturated heterocycles. The maximum atomic E-state index is 14.0. The van der Waals surface area contributed by atoms with Crippen molar-refractivity contribution in [2.24, 2.45) is 0 Å². The minimum absolute atomic E-state index is 0.177. The number of phenolic OH excluding ortho intramolecular Hbond substituents is 2. The van der Waals surface area contributed by atoms with Gasteiger partial charge >= 0.3 is 0 Å². The summed E-state index contributed by atoms with van der Waals surface area (Å²) in [7, 11) is -5.56. The summed E-state index contributed by atoms with van der Waals surface area (Å²) in [6.07, 6.45) is -3.09. The van der Waals surface area contributed by atoms with Gasteiger partial charge in [0.2, 0.25) is 5.82 Å². The van der Waals surface area contributed by atoms with E-state index in [2.05, 4.69) is 0 Å². The first-order valence-corrected chi connectivity index (χ1v) is 10.4. The summed E-state index contributed by atoms with van der Waals surface area (Å²) in [6.45, 7) is 0. The molecule has 0 amide bonds. The zero-order valence-electron chi connectivity index (χ0n) is 15.9. The van der Waals surface area contributed by atoms with Crippen molar-refractivity contribution in [1.29, 1.82) is 0 Å². The molecule has 4 rings (SSSR count). The first-order valence-electron chi connectivity index (χ1n) is 8.96. The van der Waals surface area contributed by atoms with Gasteiger partial charge < -0.3 is 20.4 Å². The van der Waals surface area contributed by atoms with Gasteiger partial charge in [0.15, 0.2) is 39.7 Å². The Labute approximate surface area is 182 Å². The summed E-state index contributed by atoms with van der Waals surface area (Å²) in [5, 5.41) is 41.8. The van der Waals surface area contributed by atoms with Crippen LogP contribution in [0.2, 0.25) is 0 Å². The van der Waals surface area contributed by atoms with Gasteiger partial charge in [-0.05, 0) is 22.8 Å². The lowest BCUT2D eigenvalue weighted by Gasteiger charge is -2.30. The van der Waals surface area contributed by atoms with Crippen LogP contribution in [0, 0.1) is 29.1 Å². The zero-order valence-corrected chi connectivity index (χ0v) is 16.8. The average Bonchev–Trinajstić information content (AvgIpc) is 2.77. The van der Waals surface area contributed by atoms with Crippen LogP contribution in [0.25, 0.3) is 0 Å². The summed E-state index contributed by atoms with van der Waals surface area (Å²) in [5.41, 5.74) is -1.26. The van der Waals surface area contributed by atoms with E-state index >= 15 is 0 Å². The van der Waals surface area contributed by atoms with E-state index in [4.69, 9.17) is 0 Å². The summed E-state index contributed by atoms with van der Waals surface area (Å²) in [6, 6.07) is 6.66. The minimum atomic E-state index is -5.56. The Morgan fingerprint density at radius 1 is 0.727 bits per heavy atom. The van der Waals surface area contributed by atoms with Gasteiger partial charge in [0, 0.05) is 5.56 Å². The number of hydrogen-bond acceptors (Lipinski definition) is 6. The Morgan fingerprint density at radius 3 is 1.76 bits per heavy atom. The highest BCUT2D eigenvalue weighted by molar-refractivity contribution is 7.92. The van der Waals surface area contributed by atoms with Gasteiger partial charge in [-0.3, -0.25) is 4.72 Å². The van der Waals surface area contributed by atoms with E-state index in [0.717, 1.165) is 6.07 Å². The molecule has 3 aromatic rings. The Bertz CT molecular complexity index is 1400. The number of fused-ring (bicyclic) bond motifs is 2. The molecule has 0 radical (unpaired) electrons. The second-order valence-corrected chi connectivity index (χ2v) is 8.68. The molecule has 0 saturated carbocycles. The van der Waals surface area contributed by atoms with Crippen LogP contribution in [-0.4, -0.2) is 28.8 Å². The molecular formula is C20H12F5NO6S. The Hall–Kier alpha value is -3.42. The monoisotopic (exact) mass is 489 g/mol. The van der Waals surface area contributed by atoms with E-state index in [1.807, 2.05) is 0 Å². The molecule has 0 aliphatic heterocycles. The van der Waals surface area contributed by atoms with Crippen LogP contribution in [0.1, 0.15) is 34.5 Å². The molecule has 174 valence electrons. The number of rotatable bonds is 3. The lowest BCUT2D eigenvalue weighted by Crippen LogP contribution is -2.21. The van der Waals surface area contributed by atoms with E-state index in [9.17, 15) is 50.8 Å². The molecule has 0 fully saturated rings. The molecule has 2 atom stereocenters. The number of hydrogen-bond donors (Lipinski definition) is 5. The zero-order chi connectivity index (χ0) is 24.4. The third-order valence-corrected chi connectivity index (χ3v) is 6.57. The molecule has 0 heterocycles. The van der Waals surface area contributed by atoms with Crippen molar-refractivity contribution in [3.8, 4) is 11.5 Å². The summed E-state index contributed by atoms with van der Waals surface area (Å²) in [4.78, 5) is -2.22. The number of aliphatic hydroxyl groups is 2. The number of anilines is 1. The van der Waals surface area contributed by atoms with Crippen LogP contribution in [0.3, 0.4) is 0 Å². The topological polar surface area (TPSA) is 127 Å². The third-order valence-electron chi connectivity index (χ3n) is 5.18. The van der Waals surface area contributed by atoms with Crippen molar-refractivity contribution in [2.45, 2.75) is 17.1 Å². The first-order chi connectivity index (χ1) is 15.4. The van der Waals surface area contributed by atoms with E-state index < -0.39 is 73.4 Å². The maximum absolute atomic E-state index is 14.0. The van der Waals surface area contributed by atoms with Crippen LogP contribution in [0.5, 0.6) is 11.5 Å². The van der Waals surface area contributed by atoms with Gasteiger partial charge in [-0.1, -0.05) is 24.3 Å². The highest BCUT2D eigenvalue weighted by Crippen LogP contribution is 2.50. The van der Waals surface area contributed by atoms with Crippen molar-refractivity contribution in [3.05, 3.63) is 81.7 Å². The van der Waals surface area contributed by atoms with Crippen LogP contribution in [0.4, 0.5) is 27.6 Å². The fraction of sp³-hybridized carbons (Fsp3) is 0.100. The number of benzene rings is 3. The van der Waals surface area contributed by atoms with Crippen LogP contribution >= 0.6 is 0 Å². The molecule has 0 spiro atoms. The quantitative estimate of drug-likeness (QED) is 0.167. The second-order valence-electron chi connectivity index (χ2n) is 7.06. The van der Waals surface area contributed by atoms with Gasteiger partial charge in [0.25, 0.3) is 10.0 Å². The molecule has 0 aromatic heterocycles. The van der Waals surface area contributed by atoms with Gasteiger partial charge in [0.05, 0.1) is 5.69 Å². The SMILES string of the molecule is O=S(=O)(Nc1cc2c(c(O)c1O)C(O)c1ccccc1C2O)c1c(F)c(F)c(F)c(F)c1F. The summed E-state index contributed by atoms with van der Waals surface area (Å²) >= 11 is 0. The molecule has 13 heteroatoms. The number of phenols is 2.